The van der Waals surface area contributed by atoms with Gasteiger partial charge in [-0.3, -0.25) is 15.3 Å². The van der Waals surface area contributed by atoms with Gasteiger partial charge in [-0.15, -0.1) is 5.23 Å². The summed E-state index contributed by atoms with van der Waals surface area (Å²) < 4.78 is 78.7. The van der Waals surface area contributed by atoms with Crippen molar-refractivity contribution >= 4 is 5.69 Å². The van der Waals surface area contributed by atoms with Crippen LogP contribution in [-0.2, 0) is 24.5 Å². The van der Waals surface area contributed by atoms with Gasteiger partial charge in [0.05, 0.1) is 16.8 Å². The average molecular weight is 538 g/mol. The molecule has 1 aliphatic rings. The van der Waals surface area contributed by atoms with Crippen molar-refractivity contribution in [2.75, 3.05) is 18.3 Å². The molecule has 0 bridgehead atoms. The SMILES string of the molecule is ON(O)c1ccc(CN2CC=C(C(O)(c3ccc(C(F)(F)F)cc3)c3ccc(C(F)(F)F)cc3)CC2)cc1. The first-order valence-electron chi connectivity index (χ1n) is 11.5. The Kier molecular flexibility index (Phi) is 7.57. The van der Waals surface area contributed by atoms with Gasteiger partial charge in [-0.25, -0.2) is 0 Å². The third-order valence-corrected chi connectivity index (χ3v) is 6.59. The minimum absolute atomic E-state index is 0.00299. The summed E-state index contributed by atoms with van der Waals surface area (Å²) in [5.74, 6) is 0. The summed E-state index contributed by atoms with van der Waals surface area (Å²) in [6.07, 6.45) is -7.13. The van der Waals surface area contributed by atoms with Crippen LogP contribution in [0.5, 0.6) is 0 Å². The highest BCUT2D eigenvalue weighted by atomic mass is 19.4. The van der Waals surface area contributed by atoms with Gasteiger partial charge < -0.3 is 5.11 Å². The molecule has 0 saturated heterocycles. The fourth-order valence-electron chi connectivity index (χ4n) is 4.51. The molecule has 1 aliphatic heterocycles. The fourth-order valence-corrected chi connectivity index (χ4v) is 4.51. The second kappa shape index (κ2) is 10.4. The predicted octanol–water partition coefficient (Wildman–Crippen LogP) is 6.38. The molecule has 5 nitrogen and oxygen atoms in total. The van der Waals surface area contributed by atoms with E-state index in [0.717, 1.165) is 54.1 Å². The first-order chi connectivity index (χ1) is 17.8. The summed E-state index contributed by atoms with van der Waals surface area (Å²) >= 11 is 0. The van der Waals surface area contributed by atoms with Gasteiger partial charge in [-0.1, -0.05) is 42.5 Å². The van der Waals surface area contributed by atoms with Crippen molar-refractivity contribution in [3.63, 3.8) is 0 Å². The summed E-state index contributed by atoms with van der Waals surface area (Å²) in [4.78, 5) is 2.04. The Morgan fingerprint density at radius 3 is 1.50 bits per heavy atom. The van der Waals surface area contributed by atoms with Crippen LogP contribution in [0.15, 0.2) is 84.4 Å². The maximum Gasteiger partial charge on any atom is 0.416 e. The lowest BCUT2D eigenvalue weighted by molar-refractivity contribution is -0.138. The van der Waals surface area contributed by atoms with Crippen LogP contribution in [0.25, 0.3) is 0 Å². The molecule has 0 aromatic heterocycles. The number of halogens is 6. The molecule has 0 aliphatic carbocycles. The zero-order chi connectivity index (χ0) is 27.7. The lowest BCUT2D eigenvalue weighted by Gasteiger charge is -2.37. The molecule has 202 valence electrons. The zero-order valence-corrected chi connectivity index (χ0v) is 19.8. The van der Waals surface area contributed by atoms with Gasteiger partial charge >= 0.3 is 12.4 Å². The number of rotatable bonds is 6. The number of benzene rings is 3. The average Bonchev–Trinajstić information content (AvgIpc) is 2.88. The third kappa shape index (κ3) is 5.86. The molecule has 3 aromatic rings. The molecule has 38 heavy (non-hydrogen) atoms. The van der Waals surface area contributed by atoms with Crippen LogP contribution in [0.1, 0.15) is 34.2 Å². The molecule has 0 unspecified atom stereocenters. The number of aliphatic hydroxyl groups is 1. The standard InChI is InChI=1S/C27H24F6N2O3/c28-26(29,30)22-7-3-19(4-8-22)25(36,20-5-9-23(10-6-20)27(31,32)33)21-13-15-34(16-14-21)17-18-1-11-24(12-2-18)35(37)38/h1-13,36-38H,14-17H2. The van der Waals surface area contributed by atoms with Crippen LogP contribution in [0.4, 0.5) is 32.0 Å². The summed E-state index contributed by atoms with van der Waals surface area (Å²) in [7, 11) is 0. The van der Waals surface area contributed by atoms with Crippen molar-refractivity contribution < 1.29 is 41.9 Å². The van der Waals surface area contributed by atoms with Gasteiger partial charge in [0.2, 0.25) is 0 Å². The van der Waals surface area contributed by atoms with Crippen molar-refractivity contribution in [2.45, 2.75) is 30.9 Å². The van der Waals surface area contributed by atoms with Gasteiger partial charge in [-0.2, -0.15) is 26.3 Å². The van der Waals surface area contributed by atoms with E-state index in [-0.39, 0.29) is 22.0 Å². The van der Waals surface area contributed by atoms with Crippen LogP contribution < -0.4 is 5.23 Å². The first kappa shape index (κ1) is 27.6. The van der Waals surface area contributed by atoms with Crippen LogP contribution in [0, 0.1) is 0 Å². The number of anilines is 1. The molecule has 0 amide bonds. The minimum atomic E-state index is -4.58. The molecule has 4 rings (SSSR count). The highest BCUT2D eigenvalue weighted by Crippen LogP contribution is 2.42. The second-order valence-corrected chi connectivity index (χ2v) is 9.03. The van der Waals surface area contributed by atoms with E-state index in [0.29, 0.717) is 31.6 Å². The lowest BCUT2D eigenvalue weighted by Crippen LogP contribution is -2.37. The molecule has 0 saturated carbocycles. The van der Waals surface area contributed by atoms with E-state index in [2.05, 4.69) is 0 Å². The van der Waals surface area contributed by atoms with Gasteiger partial charge in [0.15, 0.2) is 0 Å². The molecule has 0 atom stereocenters. The molecule has 0 fully saturated rings. The molecular weight excluding hydrogens is 514 g/mol. The predicted molar refractivity (Wildman–Crippen MR) is 126 cm³/mol. The topological polar surface area (TPSA) is 67.2 Å². The van der Waals surface area contributed by atoms with Crippen molar-refractivity contribution in [3.05, 3.63) is 112 Å². The summed E-state index contributed by atoms with van der Waals surface area (Å²) in [6, 6.07) is 14.4. The molecule has 11 heteroatoms. The Morgan fingerprint density at radius 2 is 1.13 bits per heavy atom. The Morgan fingerprint density at radius 1 is 0.684 bits per heavy atom. The maximum atomic E-state index is 13.1. The molecule has 3 N–H and O–H groups in total. The maximum absolute atomic E-state index is 13.1. The van der Waals surface area contributed by atoms with Crippen LogP contribution in [-0.4, -0.2) is 33.5 Å². The van der Waals surface area contributed by atoms with E-state index in [1.165, 1.54) is 12.1 Å². The van der Waals surface area contributed by atoms with E-state index in [4.69, 9.17) is 10.4 Å². The van der Waals surface area contributed by atoms with Crippen molar-refractivity contribution in [1.29, 1.82) is 0 Å². The minimum Gasteiger partial charge on any atom is -0.376 e. The quantitative estimate of drug-likeness (QED) is 0.193. The smallest absolute Gasteiger partial charge is 0.376 e. The van der Waals surface area contributed by atoms with Crippen LogP contribution >= 0.6 is 0 Å². The van der Waals surface area contributed by atoms with Crippen molar-refractivity contribution in [1.82, 2.24) is 4.90 Å². The molecular formula is C27H24F6N2O3. The van der Waals surface area contributed by atoms with E-state index < -0.39 is 29.1 Å². The van der Waals surface area contributed by atoms with E-state index in [1.807, 2.05) is 4.90 Å². The fraction of sp³-hybridized carbons (Fsp3) is 0.259. The Labute approximate surface area is 214 Å². The van der Waals surface area contributed by atoms with Gasteiger partial charge in [0, 0.05) is 19.6 Å². The number of alkyl halides is 6. The third-order valence-electron chi connectivity index (χ3n) is 6.59. The van der Waals surface area contributed by atoms with Gasteiger partial charge in [0.25, 0.3) is 0 Å². The largest absolute Gasteiger partial charge is 0.416 e. The van der Waals surface area contributed by atoms with Crippen molar-refractivity contribution in [3.8, 4) is 0 Å². The highest BCUT2D eigenvalue weighted by Gasteiger charge is 2.39. The molecule has 0 spiro atoms. The van der Waals surface area contributed by atoms with E-state index in [9.17, 15) is 31.4 Å². The van der Waals surface area contributed by atoms with Gasteiger partial charge in [0.1, 0.15) is 5.60 Å². The molecule has 1 heterocycles. The normalized spacial score (nSPS) is 15.3. The number of hydrogen-bond acceptors (Lipinski definition) is 5. The summed E-state index contributed by atoms with van der Waals surface area (Å²) in [6.45, 7) is 1.33. The Bertz CT molecular complexity index is 1210. The highest BCUT2D eigenvalue weighted by molar-refractivity contribution is 5.48. The van der Waals surface area contributed by atoms with Crippen molar-refractivity contribution in [2.24, 2.45) is 0 Å². The molecule has 3 aromatic carbocycles. The zero-order valence-electron chi connectivity index (χ0n) is 19.8. The summed E-state index contributed by atoms with van der Waals surface area (Å²) in [5, 5.41) is 30.1. The Hall–Kier alpha value is -3.38. The van der Waals surface area contributed by atoms with E-state index in [1.54, 1.807) is 18.2 Å². The van der Waals surface area contributed by atoms with Gasteiger partial charge in [-0.05, 0) is 65.1 Å². The monoisotopic (exact) mass is 538 g/mol. The first-order valence-corrected chi connectivity index (χ1v) is 11.5. The Balaban J connectivity index is 1.64. The van der Waals surface area contributed by atoms with E-state index >= 15 is 0 Å². The summed E-state index contributed by atoms with van der Waals surface area (Å²) in [5.41, 5.74) is -2.00. The lowest BCUT2D eigenvalue weighted by atomic mass is 9.77. The molecule has 0 radical (unpaired) electrons. The van der Waals surface area contributed by atoms with Crippen LogP contribution in [0.2, 0.25) is 0 Å². The second-order valence-electron chi connectivity index (χ2n) is 9.03. The number of hydrogen-bond donors (Lipinski definition) is 3. The van der Waals surface area contributed by atoms with Crippen LogP contribution in [0.3, 0.4) is 0 Å². The number of nitrogens with zero attached hydrogens (tertiary/aromatic N) is 2.